The monoisotopic (exact) mass is 377 g/mol. The van der Waals surface area contributed by atoms with Gasteiger partial charge in [-0.1, -0.05) is 13.8 Å². The number of hydrogen-bond donors (Lipinski definition) is 1. The van der Waals surface area contributed by atoms with E-state index in [4.69, 9.17) is 4.74 Å². The number of nitrogens with one attached hydrogen (secondary N) is 1. The Balaban J connectivity index is 2.22. The molecule has 2 aromatic heterocycles. The molecule has 0 spiro atoms. The van der Waals surface area contributed by atoms with E-state index in [1.54, 1.807) is 0 Å². The molecule has 1 amide bonds. The van der Waals surface area contributed by atoms with Crippen LogP contribution in [0.15, 0.2) is 0 Å². The van der Waals surface area contributed by atoms with Crippen LogP contribution >= 0.6 is 11.3 Å². The summed E-state index contributed by atoms with van der Waals surface area (Å²) >= 11 is 1.39. The lowest BCUT2D eigenvalue weighted by Crippen LogP contribution is -2.17. The number of carbonyl (C=O) groups is 2. The zero-order valence-electron chi connectivity index (χ0n) is 16.5. The number of rotatable bonds is 6. The van der Waals surface area contributed by atoms with Crippen LogP contribution in [-0.4, -0.2) is 28.8 Å². The zero-order valence-corrected chi connectivity index (χ0v) is 17.3. The number of methoxy groups -OCH3 is 1. The maximum absolute atomic E-state index is 12.6. The molecule has 0 unspecified atom stereocenters. The van der Waals surface area contributed by atoms with Crippen LogP contribution in [0, 0.1) is 33.6 Å². The lowest BCUT2D eigenvalue weighted by Gasteiger charge is -2.09. The molecule has 0 atom stereocenters. The van der Waals surface area contributed by atoms with Gasteiger partial charge in [-0.15, -0.1) is 11.3 Å². The molecule has 0 aliphatic rings. The molecule has 7 heteroatoms. The molecule has 1 N–H and O–H groups in total. The first-order valence-electron chi connectivity index (χ1n) is 8.66. The first-order valence-corrected chi connectivity index (χ1v) is 9.48. The molecule has 142 valence electrons. The third-order valence-corrected chi connectivity index (χ3v) is 5.56. The lowest BCUT2D eigenvalue weighted by molar-refractivity contribution is -0.115. The van der Waals surface area contributed by atoms with Crippen LogP contribution in [0.5, 0.6) is 0 Å². The lowest BCUT2D eigenvalue weighted by atomic mass is 10.1. The van der Waals surface area contributed by atoms with E-state index in [1.807, 2.05) is 32.4 Å². The molecule has 26 heavy (non-hydrogen) atoms. The number of amides is 1. The van der Waals surface area contributed by atoms with E-state index < -0.39 is 5.97 Å². The highest BCUT2D eigenvalue weighted by atomic mass is 32.1. The molecule has 0 saturated heterocycles. The third kappa shape index (κ3) is 4.15. The van der Waals surface area contributed by atoms with E-state index >= 15 is 0 Å². The van der Waals surface area contributed by atoms with Crippen molar-refractivity contribution in [3.63, 3.8) is 0 Å². The number of anilines is 1. The Kier molecular flexibility index (Phi) is 6.23. The predicted octanol–water partition coefficient (Wildman–Crippen LogP) is 3.80. The Morgan fingerprint density at radius 3 is 2.46 bits per heavy atom. The topological polar surface area (TPSA) is 73.2 Å². The van der Waals surface area contributed by atoms with Crippen LogP contribution in [0.25, 0.3) is 0 Å². The molecule has 0 radical (unpaired) electrons. The van der Waals surface area contributed by atoms with Gasteiger partial charge in [-0.25, -0.2) is 4.79 Å². The van der Waals surface area contributed by atoms with E-state index in [0.717, 1.165) is 33.9 Å². The minimum Gasteiger partial charge on any atom is -0.465 e. The maximum atomic E-state index is 12.6. The molecule has 0 aliphatic heterocycles. The zero-order chi connectivity index (χ0) is 19.6. The number of aryl methyl sites for hydroxylation is 2. The highest BCUT2D eigenvalue weighted by Gasteiger charge is 2.22. The number of aromatic nitrogens is 2. The van der Waals surface area contributed by atoms with E-state index in [2.05, 4.69) is 24.3 Å². The summed E-state index contributed by atoms with van der Waals surface area (Å²) in [6.07, 6.45) is 0.229. The number of hydrogen-bond acceptors (Lipinski definition) is 5. The Hall–Kier alpha value is -2.15. The Labute approximate surface area is 158 Å². The fourth-order valence-corrected chi connectivity index (χ4v) is 3.97. The molecule has 2 aromatic rings. The Bertz CT molecular complexity index is 834. The van der Waals surface area contributed by atoms with Crippen molar-refractivity contribution in [1.29, 1.82) is 0 Å². The number of nitrogens with zero attached hydrogens (tertiary/aromatic N) is 2. The second-order valence-electron chi connectivity index (χ2n) is 6.93. The first kappa shape index (κ1) is 20.2. The summed E-state index contributed by atoms with van der Waals surface area (Å²) in [5.74, 6) is -0.111. The van der Waals surface area contributed by atoms with Crippen LogP contribution < -0.4 is 5.32 Å². The summed E-state index contributed by atoms with van der Waals surface area (Å²) < 4.78 is 6.81. The van der Waals surface area contributed by atoms with Crippen molar-refractivity contribution in [1.82, 2.24) is 9.78 Å². The summed E-state index contributed by atoms with van der Waals surface area (Å²) in [7, 11) is 1.34. The largest absolute Gasteiger partial charge is 0.465 e. The normalized spacial score (nSPS) is 11.1. The molecule has 2 heterocycles. The van der Waals surface area contributed by atoms with Gasteiger partial charge in [0.05, 0.1) is 24.8 Å². The van der Waals surface area contributed by atoms with E-state index in [-0.39, 0.29) is 12.3 Å². The Morgan fingerprint density at radius 1 is 1.23 bits per heavy atom. The fraction of sp³-hybridized carbons (Fsp3) is 0.526. The smallest absolute Gasteiger partial charge is 0.341 e. The van der Waals surface area contributed by atoms with Gasteiger partial charge in [0.2, 0.25) is 5.91 Å². The van der Waals surface area contributed by atoms with Gasteiger partial charge in [-0.3, -0.25) is 9.48 Å². The quantitative estimate of drug-likeness (QED) is 0.777. The second kappa shape index (κ2) is 8.03. The third-order valence-electron chi connectivity index (χ3n) is 4.43. The number of ether oxygens (including phenoxy) is 1. The minimum atomic E-state index is -0.431. The number of thiophene rings is 1. The summed E-state index contributed by atoms with van der Waals surface area (Å²) in [4.78, 5) is 25.6. The van der Waals surface area contributed by atoms with Gasteiger partial charge in [0, 0.05) is 22.7 Å². The SMILES string of the molecule is COC(=O)c1c(NC(=O)Cc2c(C)nn(CC(C)C)c2C)sc(C)c1C. The van der Waals surface area contributed by atoms with Crippen LogP contribution in [0.2, 0.25) is 0 Å². The fourth-order valence-electron chi connectivity index (χ4n) is 2.91. The highest BCUT2D eigenvalue weighted by molar-refractivity contribution is 7.16. The number of esters is 1. The molecule has 0 bridgehead atoms. The van der Waals surface area contributed by atoms with E-state index in [9.17, 15) is 9.59 Å². The van der Waals surface area contributed by atoms with Crippen molar-refractivity contribution in [2.75, 3.05) is 12.4 Å². The molecule has 0 saturated carbocycles. The van der Waals surface area contributed by atoms with E-state index in [1.165, 1.54) is 18.4 Å². The van der Waals surface area contributed by atoms with Crippen molar-refractivity contribution in [2.45, 2.75) is 54.5 Å². The van der Waals surface area contributed by atoms with Crippen molar-refractivity contribution in [3.05, 3.63) is 33.0 Å². The van der Waals surface area contributed by atoms with Gasteiger partial charge >= 0.3 is 5.97 Å². The summed E-state index contributed by atoms with van der Waals surface area (Å²) in [5, 5.41) is 7.98. The molecular weight excluding hydrogens is 350 g/mol. The standard InChI is InChI=1S/C19H27N3O3S/c1-10(2)9-22-13(5)15(12(4)21-22)8-16(23)20-18-17(19(24)25-7)11(3)14(6)26-18/h10H,8-9H2,1-7H3,(H,20,23). The average molecular weight is 378 g/mol. The predicted molar refractivity (Wildman–Crippen MR) is 104 cm³/mol. The highest BCUT2D eigenvalue weighted by Crippen LogP contribution is 2.33. The van der Waals surface area contributed by atoms with Gasteiger partial charge in [0.25, 0.3) is 0 Å². The first-order chi connectivity index (χ1) is 12.1. The van der Waals surface area contributed by atoms with Gasteiger partial charge in [0.1, 0.15) is 5.00 Å². The molecular formula is C19H27N3O3S. The van der Waals surface area contributed by atoms with Gasteiger partial charge < -0.3 is 10.1 Å². The Morgan fingerprint density at radius 2 is 1.88 bits per heavy atom. The molecule has 0 aliphatic carbocycles. The van der Waals surface area contributed by atoms with E-state index in [0.29, 0.717) is 16.5 Å². The molecule has 0 aromatic carbocycles. The van der Waals surface area contributed by atoms with Crippen LogP contribution in [0.4, 0.5) is 5.00 Å². The minimum absolute atomic E-state index is 0.160. The molecule has 6 nitrogen and oxygen atoms in total. The summed E-state index contributed by atoms with van der Waals surface area (Å²) in [5.41, 5.74) is 4.09. The second-order valence-corrected chi connectivity index (χ2v) is 8.15. The van der Waals surface area contributed by atoms with Gasteiger partial charge in [-0.2, -0.15) is 5.10 Å². The van der Waals surface area contributed by atoms with Crippen molar-refractivity contribution >= 4 is 28.2 Å². The summed E-state index contributed by atoms with van der Waals surface area (Å²) in [6, 6.07) is 0. The van der Waals surface area contributed by atoms with Gasteiger partial charge in [-0.05, 0) is 39.2 Å². The number of carbonyl (C=O) groups excluding carboxylic acids is 2. The van der Waals surface area contributed by atoms with Crippen molar-refractivity contribution in [3.8, 4) is 0 Å². The average Bonchev–Trinajstić information content (AvgIpc) is 2.97. The van der Waals surface area contributed by atoms with Crippen molar-refractivity contribution in [2.24, 2.45) is 5.92 Å². The van der Waals surface area contributed by atoms with Crippen LogP contribution in [-0.2, 0) is 22.5 Å². The van der Waals surface area contributed by atoms with Crippen LogP contribution in [0.3, 0.4) is 0 Å². The van der Waals surface area contributed by atoms with Crippen LogP contribution in [0.1, 0.15) is 51.6 Å². The van der Waals surface area contributed by atoms with Gasteiger partial charge in [0.15, 0.2) is 0 Å². The summed E-state index contributed by atoms with van der Waals surface area (Å²) in [6.45, 7) is 12.8. The molecule has 0 fully saturated rings. The molecule has 2 rings (SSSR count). The van der Waals surface area contributed by atoms with Crippen molar-refractivity contribution < 1.29 is 14.3 Å². The maximum Gasteiger partial charge on any atom is 0.341 e.